The predicted molar refractivity (Wildman–Crippen MR) is 102 cm³/mol. The van der Waals surface area contributed by atoms with Crippen molar-refractivity contribution in [3.8, 4) is 11.3 Å². The molecule has 1 aliphatic heterocycles. The molecule has 0 spiro atoms. The molecule has 1 amide bonds. The maximum absolute atomic E-state index is 13.0. The number of amides is 1. The van der Waals surface area contributed by atoms with Gasteiger partial charge in [0.15, 0.2) is 0 Å². The highest BCUT2D eigenvalue weighted by Gasteiger charge is 2.37. The van der Waals surface area contributed by atoms with Gasteiger partial charge in [0, 0.05) is 18.7 Å². The van der Waals surface area contributed by atoms with Crippen LogP contribution in [0.5, 0.6) is 0 Å². The summed E-state index contributed by atoms with van der Waals surface area (Å²) in [4.78, 5) is 14.8. The van der Waals surface area contributed by atoms with Gasteiger partial charge in [-0.15, -0.1) is 12.4 Å². The van der Waals surface area contributed by atoms with Crippen molar-refractivity contribution in [1.82, 2.24) is 10.1 Å². The molecule has 0 aliphatic carbocycles. The van der Waals surface area contributed by atoms with Crippen LogP contribution in [0, 0.1) is 12.3 Å². The summed E-state index contributed by atoms with van der Waals surface area (Å²) in [5, 5.41) is 4.90. The van der Waals surface area contributed by atoms with Crippen LogP contribution in [0.4, 0.5) is 0 Å². The molecule has 1 atom stereocenters. The number of hydrogen-bond donors (Lipinski definition) is 1. The Balaban J connectivity index is 0.00000225. The van der Waals surface area contributed by atoms with Gasteiger partial charge in [-0.25, -0.2) is 0 Å². The number of carbonyl (C=O) groups is 1. The van der Waals surface area contributed by atoms with E-state index in [9.17, 15) is 4.79 Å². The molecule has 136 valence electrons. The predicted octanol–water partition coefficient (Wildman–Crippen LogP) is 4.19. The Bertz CT molecular complexity index is 773. The van der Waals surface area contributed by atoms with E-state index in [0.29, 0.717) is 52.3 Å². The zero-order chi connectivity index (χ0) is 17.5. The van der Waals surface area contributed by atoms with E-state index in [1.165, 1.54) is 0 Å². The molecule has 1 saturated heterocycles. The third-order valence-electron chi connectivity index (χ3n) is 4.61. The minimum Gasteiger partial charge on any atom is -0.360 e. The zero-order valence-corrected chi connectivity index (χ0v) is 16.3. The molecule has 0 radical (unpaired) electrons. The lowest BCUT2D eigenvalue weighted by Crippen LogP contribution is -2.34. The summed E-state index contributed by atoms with van der Waals surface area (Å²) in [6, 6.07) is 5.17. The summed E-state index contributed by atoms with van der Waals surface area (Å²) >= 11 is 12.5. The lowest BCUT2D eigenvalue weighted by molar-refractivity contribution is 0.0776. The summed E-state index contributed by atoms with van der Waals surface area (Å²) in [5.41, 5.74) is 7.09. The quantitative estimate of drug-likeness (QED) is 0.832. The Morgan fingerprint density at radius 1 is 1.40 bits per heavy atom. The smallest absolute Gasteiger partial charge is 0.259 e. The molecule has 3 rings (SSSR count). The molecule has 0 bridgehead atoms. The van der Waals surface area contributed by atoms with E-state index in [-0.39, 0.29) is 23.7 Å². The van der Waals surface area contributed by atoms with Crippen LogP contribution in [0.25, 0.3) is 11.3 Å². The van der Waals surface area contributed by atoms with Crippen molar-refractivity contribution in [3.63, 3.8) is 0 Å². The van der Waals surface area contributed by atoms with Crippen LogP contribution >= 0.6 is 35.6 Å². The number of benzene rings is 1. The topological polar surface area (TPSA) is 72.4 Å². The molecule has 0 saturated carbocycles. The van der Waals surface area contributed by atoms with Gasteiger partial charge in [0.05, 0.1) is 10.0 Å². The summed E-state index contributed by atoms with van der Waals surface area (Å²) in [7, 11) is 0. The van der Waals surface area contributed by atoms with Crippen LogP contribution in [-0.2, 0) is 0 Å². The van der Waals surface area contributed by atoms with Crippen LogP contribution < -0.4 is 5.73 Å². The van der Waals surface area contributed by atoms with Gasteiger partial charge in [-0.1, -0.05) is 41.3 Å². The second-order valence-electron chi connectivity index (χ2n) is 6.55. The van der Waals surface area contributed by atoms with Gasteiger partial charge in [-0.3, -0.25) is 4.79 Å². The van der Waals surface area contributed by atoms with Crippen molar-refractivity contribution in [1.29, 1.82) is 0 Å². The molecule has 5 nitrogen and oxygen atoms in total. The number of nitrogens with zero attached hydrogens (tertiary/aromatic N) is 2. The molecule has 1 aromatic heterocycles. The van der Waals surface area contributed by atoms with E-state index < -0.39 is 0 Å². The fraction of sp³-hybridized carbons (Fsp3) is 0.412. The van der Waals surface area contributed by atoms with Gasteiger partial charge in [0.1, 0.15) is 17.0 Å². The van der Waals surface area contributed by atoms with Crippen molar-refractivity contribution in [3.05, 3.63) is 39.6 Å². The maximum Gasteiger partial charge on any atom is 0.259 e. The van der Waals surface area contributed by atoms with Crippen molar-refractivity contribution < 1.29 is 9.32 Å². The highest BCUT2D eigenvalue weighted by molar-refractivity contribution is 6.39. The van der Waals surface area contributed by atoms with E-state index in [1.807, 2.05) is 0 Å². The molecule has 2 heterocycles. The Hall–Kier alpha value is -1.27. The first-order valence-electron chi connectivity index (χ1n) is 7.76. The van der Waals surface area contributed by atoms with Crippen LogP contribution in [0.3, 0.4) is 0 Å². The first-order valence-corrected chi connectivity index (χ1v) is 8.52. The standard InChI is InChI=1S/C17H19Cl2N3O2.ClH/c1-10-13(16(23)22-7-6-17(2,8-20)9-22)15(21-24-10)14-11(18)4-3-5-12(14)19;/h3-5H,6-9,20H2,1-2H3;1H. The van der Waals surface area contributed by atoms with Crippen molar-refractivity contribution in [2.45, 2.75) is 20.3 Å². The fourth-order valence-corrected chi connectivity index (χ4v) is 3.62. The first kappa shape index (κ1) is 20.0. The van der Waals surface area contributed by atoms with Gasteiger partial charge >= 0.3 is 0 Å². The Labute approximate surface area is 162 Å². The van der Waals surface area contributed by atoms with Crippen molar-refractivity contribution in [2.24, 2.45) is 11.1 Å². The van der Waals surface area contributed by atoms with Crippen LogP contribution in [0.1, 0.15) is 29.5 Å². The van der Waals surface area contributed by atoms with E-state index in [0.717, 1.165) is 6.42 Å². The number of aromatic nitrogens is 1. The third-order valence-corrected chi connectivity index (χ3v) is 5.24. The van der Waals surface area contributed by atoms with Gasteiger partial charge < -0.3 is 15.2 Å². The van der Waals surface area contributed by atoms with E-state index in [2.05, 4.69) is 12.1 Å². The average molecular weight is 405 g/mol. The Morgan fingerprint density at radius 3 is 2.60 bits per heavy atom. The number of hydrogen-bond acceptors (Lipinski definition) is 4. The SMILES string of the molecule is Cc1onc(-c2c(Cl)cccc2Cl)c1C(=O)N1CCC(C)(CN)C1.Cl. The molecular weight excluding hydrogens is 385 g/mol. The minimum absolute atomic E-state index is 0. The molecule has 1 aliphatic rings. The van der Waals surface area contributed by atoms with E-state index >= 15 is 0 Å². The second-order valence-corrected chi connectivity index (χ2v) is 7.36. The first-order chi connectivity index (χ1) is 11.4. The highest BCUT2D eigenvalue weighted by atomic mass is 35.5. The molecule has 1 aromatic carbocycles. The monoisotopic (exact) mass is 403 g/mol. The minimum atomic E-state index is -0.128. The molecule has 2 N–H and O–H groups in total. The second kappa shape index (κ2) is 7.54. The Kier molecular flexibility index (Phi) is 6.05. The lowest BCUT2D eigenvalue weighted by atomic mass is 9.90. The lowest BCUT2D eigenvalue weighted by Gasteiger charge is -2.22. The number of nitrogens with two attached hydrogens (primary N) is 1. The van der Waals surface area contributed by atoms with Crippen LogP contribution in [-0.4, -0.2) is 35.6 Å². The summed E-state index contributed by atoms with van der Waals surface area (Å²) in [6.07, 6.45) is 0.877. The van der Waals surface area contributed by atoms with Gasteiger partial charge in [0.2, 0.25) is 0 Å². The largest absolute Gasteiger partial charge is 0.360 e. The number of rotatable bonds is 3. The highest BCUT2D eigenvalue weighted by Crippen LogP contribution is 2.38. The van der Waals surface area contributed by atoms with Crippen molar-refractivity contribution in [2.75, 3.05) is 19.6 Å². The normalized spacial score (nSPS) is 19.8. The zero-order valence-electron chi connectivity index (χ0n) is 14.0. The van der Waals surface area contributed by atoms with Gasteiger partial charge in [0.25, 0.3) is 5.91 Å². The molecular formula is C17H20Cl3N3O2. The van der Waals surface area contributed by atoms with E-state index in [4.69, 9.17) is 33.5 Å². The van der Waals surface area contributed by atoms with Crippen LogP contribution in [0.2, 0.25) is 10.0 Å². The van der Waals surface area contributed by atoms with Crippen molar-refractivity contribution >= 4 is 41.5 Å². The molecule has 8 heteroatoms. The molecule has 1 fully saturated rings. The number of likely N-dealkylation sites (tertiary alicyclic amines) is 1. The summed E-state index contributed by atoms with van der Waals surface area (Å²) in [6.45, 7) is 5.62. The summed E-state index contributed by atoms with van der Waals surface area (Å²) in [5.74, 6) is 0.323. The molecule has 1 unspecified atom stereocenters. The molecule has 2 aromatic rings. The average Bonchev–Trinajstić information content (AvgIpc) is 3.11. The Morgan fingerprint density at radius 2 is 2.04 bits per heavy atom. The number of halogens is 3. The number of carbonyl (C=O) groups excluding carboxylic acids is 1. The fourth-order valence-electron chi connectivity index (χ4n) is 3.04. The van der Waals surface area contributed by atoms with Crippen LogP contribution in [0.15, 0.2) is 22.7 Å². The third kappa shape index (κ3) is 3.65. The van der Waals surface area contributed by atoms with E-state index in [1.54, 1.807) is 30.0 Å². The van der Waals surface area contributed by atoms with Gasteiger partial charge in [-0.2, -0.15) is 0 Å². The maximum atomic E-state index is 13.0. The summed E-state index contributed by atoms with van der Waals surface area (Å²) < 4.78 is 5.28. The number of aryl methyl sites for hydroxylation is 1. The van der Waals surface area contributed by atoms with Gasteiger partial charge in [-0.05, 0) is 37.4 Å². The molecule has 25 heavy (non-hydrogen) atoms.